The van der Waals surface area contributed by atoms with Gasteiger partial charge in [-0.1, -0.05) is 48.9 Å². The number of halogens is 2. The number of fused-ring (bicyclic) bond motifs is 1. The third-order valence-electron chi connectivity index (χ3n) is 3.74. The zero-order chi connectivity index (χ0) is 16.4. The van der Waals surface area contributed by atoms with Crippen LogP contribution in [0.3, 0.4) is 0 Å². The summed E-state index contributed by atoms with van der Waals surface area (Å²) in [6.07, 6.45) is 0. The van der Waals surface area contributed by atoms with Crippen molar-refractivity contribution in [2.24, 2.45) is 0 Å². The lowest BCUT2D eigenvalue weighted by Gasteiger charge is -2.12. The van der Waals surface area contributed by atoms with Gasteiger partial charge in [0.05, 0.1) is 5.02 Å². The Hall–Kier alpha value is -1.91. The highest BCUT2D eigenvalue weighted by Crippen LogP contribution is 2.35. The molecule has 0 aliphatic rings. The highest BCUT2D eigenvalue weighted by atomic mass is 35.5. The zero-order valence-corrected chi connectivity index (χ0v) is 14.0. The second-order valence-electron chi connectivity index (χ2n) is 5.41. The minimum Gasteiger partial charge on any atom is -0.351 e. The third kappa shape index (κ3) is 3.38. The lowest BCUT2D eigenvalue weighted by atomic mass is 10.0. The first-order chi connectivity index (χ1) is 11.1. The number of amides is 1. The Morgan fingerprint density at radius 1 is 1.26 bits per heavy atom. The highest BCUT2D eigenvalue weighted by Gasteiger charge is 2.18. The minimum atomic E-state index is -0.333. The molecule has 1 atom stereocenters. The Labute approximate surface area is 142 Å². The van der Waals surface area contributed by atoms with Gasteiger partial charge in [-0.3, -0.25) is 4.79 Å². The van der Waals surface area contributed by atoms with E-state index >= 15 is 0 Å². The average molecular weight is 348 g/mol. The van der Waals surface area contributed by atoms with Crippen LogP contribution >= 0.6 is 22.9 Å². The van der Waals surface area contributed by atoms with Crippen LogP contribution in [0.1, 0.15) is 28.1 Å². The molecule has 0 saturated carbocycles. The van der Waals surface area contributed by atoms with Crippen molar-refractivity contribution in [2.75, 3.05) is 6.54 Å². The van der Waals surface area contributed by atoms with Crippen molar-refractivity contribution in [3.8, 4) is 0 Å². The van der Waals surface area contributed by atoms with Crippen LogP contribution < -0.4 is 5.32 Å². The molecule has 0 unspecified atom stereocenters. The number of thiophene rings is 1. The van der Waals surface area contributed by atoms with E-state index in [2.05, 4.69) is 12.2 Å². The molecule has 1 amide bonds. The standard InChI is InChI=1S/C18H15ClFNOS/c1-11(12-5-3-2-4-6-12)10-21-18(22)17-16(19)14-8-7-13(20)9-15(14)23-17/h2-9,11H,10H2,1H3,(H,21,22)/t11-/m0/s1. The van der Waals surface area contributed by atoms with Gasteiger partial charge in [0.25, 0.3) is 5.91 Å². The summed E-state index contributed by atoms with van der Waals surface area (Å²) >= 11 is 7.47. The van der Waals surface area contributed by atoms with Crippen LogP contribution in [0.5, 0.6) is 0 Å². The summed E-state index contributed by atoms with van der Waals surface area (Å²) < 4.78 is 14.0. The van der Waals surface area contributed by atoms with Crippen molar-refractivity contribution in [3.05, 3.63) is 69.8 Å². The van der Waals surface area contributed by atoms with Gasteiger partial charge in [0.15, 0.2) is 0 Å². The van der Waals surface area contributed by atoms with Crippen LogP contribution in [-0.2, 0) is 0 Å². The van der Waals surface area contributed by atoms with Crippen LogP contribution in [0, 0.1) is 5.82 Å². The zero-order valence-electron chi connectivity index (χ0n) is 12.5. The Morgan fingerprint density at radius 3 is 2.74 bits per heavy atom. The average Bonchev–Trinajstić information content (AvgIpc) is 2.89. The van der Waals surface area contributed by atoms with Gasteiger partial charge in [-0.2, -0.15) is 0 Å². The van der Waals surface area contributed by atoms with E-state index in [1.165, 1.54) is 23.5 Å². The van der Waals surface area contributed by atoms with Gasteiger partial charge >= 0.3 is 0 Å². The Balaban J connectivity index is 1.75. The van der Waals surface area contributed by atoms with Gasteiger partial charge < -0.3 is 5.32 Å². The highest BCUT2D eigenvalue weighted by molar-refractivity contribution is 7.21. The molecule has 2 nitrogen and oxygen atoms in total. The largest absolute Gasteiger partial charge is 0.351 e. The molecule has 2 aromatic carbocycles. The predicted octanol–water partition coefficient (Wildman–Crippen LogP) is 5.23. The monoisotopic (exact) mass is 347 g/mol. The summed E-state index contributed by atoms with van der Waals surface area (Å²) in [7, 11) is 0. The summed E-state index contributed by atoms with van der Waals surface area (Å²) in [5, 5.41) is 4.00. The van der Waals surface area contributed by atoms with Gasteiger partial charge in [0, 0.05) is 16.6 Å². The second-order valence-corrected chi connectivity index (χ2v) is 6.84. The van der Waals surface area contributed by atoms with Crippen LogP contribution in [0.25, 0.3) is 10.1 Å². The van der Waals surface area contributed by atoms with Gasteiger partial charge in [0.2, 0.25) is 0 Å². The molecule has 1 N–H and O–H groups in total. The molecule has 118 valence electrons. The van der Waals surface area contributed by atoms with Crippen LogP contribution in [-0.4, -0.2) is 12.5 Å². The molecular weight excluding hydrogens is 333 g/mol. The first kappa shape index (κ1) is 16.0. The third-order valence-corrected chi connectivity index (χ3v) is 5.39. The van der Waals surface area contributed by atoms with Crippen LogP contribution in [0.4, 0.5) is 4.39 Å². The van der Waals surface area contributed by atoms with Crippen molar-refractivity contribution in [1.29, 1.82) is 0 Å². The number of carbonyl (C=O) groups is 1. The fourth-order valence-corrected chi connectivity index (χ4v) is 3.87. The minimum absolute atomic E-state index is 0.200. The molecule has 0 spiro atoms. The fraction of sp³-hybridized carbons (Fsp3) is 0.167. The first-order valence-corrected chi connectivity index (χ1v) is 8.46. The summed E-state index contributed by atoms with van der Waals surface area (Å²) in [5.41, 5.74) is 1.16. The number of benzene rings is 2. The van der Waals surface area contributed by atoms with Crippen LogP contribution in [0.2, 0.25) is 5.02 Å². The molecule has 1 heterocycles. The van der Waals surface area contributed by atoms with E-state index in [9.17, 15) is 9.18 Å². The number of hydrogen-bond acceptors (Lipinski definition) is 2. The molecule has 3 rings (SSSR count). The number of hydrogen-bond donors (Lipinski definition) is 1. The summed E-state index contributed by atoms with van der Waals surface area (Å²) in [5.74, 6) is -0.356. The molecule has 5 heteroatoms. The first-order valence-electron chi connectivity index (χ1n) is 7.27. The van der Waals surface area contributed by atoms with E-state index in [1.54, 1.807) is 6.07 Å². The quantitative estimate of drug-likeness (QED) is 0.688. The normalized spacial score (nSPS) is 12.3. The van der Waals surface area contributed by atoms with E-state index in [4.69, 9.17) is 11.6 Å². The van der Waals surface area contributed by atoms with E-state index in [0.29, 0.717) is 26.5 Å². The SMILES string of the molecule is C[C@@H](CNC(=O)c1sc2cc(F)ccc2c1Cl)c1ccccc1. The van der Waals surface area contributed by atoms with Gasteiger partial charge in [-0.05, 0) is 29.7 Å². The van der Waals surface area contributed by atoms with Crippen LogP contribution in [0.15, 0.2) is 48.5 Å². The molecular formula is C18H15ClFNOS. The maximum absolute atomic E-state index is 13.3. The van der Waals surface area contributed by atoms with Crippen molar-refractivity contribution < 1.29 is 9.18 Å². The van der Waals surface area contributed by atoms with Crippen molar-refractivity contribution in [1.82, 2.24) is 5.32 Å². The lowest BCUT2D eigenvalue weighted by molar-refractivity contribution is 0.0956. The molecule has 23 heavy (non-hydrogen) atoms. The van der Waals surface area contributed by atoms with E-state index < -0.39 is 0 Å². The van der Waals surface area contributed by atoms with Gasteiger partial charge in [0.1, 0.15) is 10.7 Å². The maximum Gasteiger partial charge on any atom is 0.262 e. The number of carbonyl (C=O) groups excluding carboxylic acids is 1. The smallest absolute Gasteiger partial charge is 0.262 e. The van der Waals surface area contributed by atoms with Crippen molar-refractivity contribution in [3.63, 3.8) is 0 Å². The summed E-state index contributed by atoms with van der Waals surface area (Å²) in [6.45, 7) is 2.57. The lowest BCUT2D eigenvalue weighted by Crippen LogP contribution is -2.27. The fourth-order valence-electron chi connectivity index (χ4n) is 2.41. The van der Waals surface area contributed by atoms with Crippen molar-refractivity contribution in [2.45, 2.75) is 12.8 Å². The molecule has 0 aliphatic carbocycles. The Bertz CT molecular complexity index is 847. The molecule has 0 saturated heterocycles. The van der Waals surface area contributed by atoms with E-state index in [1.807, 2.05) is 30.3 Å². The van der Waals surface area contributed by atoms with E-state index in [-0.39, 0.29) is 17.6 Å². The Morgan fingerprint density at radius 2 is 2.00 bits per heavy atom. The molecule has 3 aromatic rings. The summed E-state index contributed by atoms with van der Waals surface area (Å²) in [6, 6.07) is 14.3. The topological polar surface area (TPSA) is 29.1 Å². The van der Waals surface area contributed by atoms with Gasteiger partial charge in [-0.25, -0.2) is 4.39 Å². The molecule has 0 radical (unpaired) electrons. The second kappa shape index (κ2) is 6.69. The predicted molar refractivity (Wildman–Crippen MR) is 94.0 cm³/mol. The number of nitrogens with one attached hydrogen (secondary N) is 1. The molecule has 0 aliphatic heterocycles. The summed E-state index contributed by atoms with van der Waals surface area (Å²) in [4.78, 5) is 12.8. The molecule has 1 aromatic heterocycles. The molecule has 0 bridgehead atoms. The molecule has 0 fully saturated rings. The van der Waals surface area contributed by atoms with E-state index in [0.717, 1.165) is 5.56 Å². The Kier molecular flexibility index (Phi) is 4.64. The van der Waals surface area contributed by atoms with Gasteiger partial charge in [-0.15, -0.1) is 11.3 Å². The number of rotatable bonds is 4. The maximum atomic E-state index is 13.3. The van der Waals surface area contributed by atoms with Crippen molar-refractivity contribution >= 4 is 38.9 Å².